The zero-order chi connectivity index (χ0) is 14.5. The van der Waals surface area contributed by atoms with E-state index in [-0.39, 0.29) is 5.69 Å². The van der Waals surface area contributed by atoms with Crippen LogP contribution in [0.15, 0.2) is 48.5 Å². The normalized spacial score (nSPS) is 9.85. The molecule has 3 N–H and O–H groups in total. The van der Waals surface area contributed by atoms with Crippen molar-refractivity contribution in [3.8, 4) is 0 Å². The summed E-state index contributed by atoms with van der Waals surface area (Å²) in [5, 5.41) is 13.8. The number of carboxylic acid groups (broad SMARTS) is 1. The van der Waals surface area contributed by atoms with Gasteiger partial charge in [-0.25, -0.2) is 14.0 Å². The van der Waals surface area contributed by atoms with E-state index >= 15 is 0 Å². The SMILES string of the molecule is O=C(Nc1ccccc1)Nc1ccc(F)c(C(=O)O)c1. The highest BCUT2D eigenvalue weighted by Gasteiger charge is 2.12. The standard InChI is InChI=1S/C14H11FN2O3/c15-12-7-6-10(8-11(12)13(18)19)17-14(20)16-9-4-2-1-3-5-9/h1-8H,(H,18,19)(H2,16,17,20). The molecule has 0 aliphatic heterocycles. The molecule has 0 spiro atoms. The number of para-hydroxylation sites is 1. The van der Waals surface area contributed by atoms with E-state index in [1.54, 1.807) is 24.3 Å². The Morgan fingerprint density at radius 1 is 0.950 bits per heavy atom. The van der Waals surface area contributed by atoms with Crippen molar-refractivity contribution in [2.45, 2.75) is 0 Å². The minimum absolute atomic E-state index is 0.192. The fourth-order valence-corrected chi connectivity index (χ4v) is 1.58. The molecule has 102 valence electrons. The van der Waals surface area contributed by atoms with Crippen LogP contribution in [-0.2, 0) is 0 Å². The van der Waals surface area contributed by atoms with Gasteiger partial charge in [0, 0.05) is 11.4 Å². The van der Waals surface area contributed by atoms with E-state index < -0.39 is 23.4 Å². The average molecular weight is 274 g/mol. The number of hydrogen-bond acceptors (Lipinski definition) is 2. The predicted molar refractivity (Wildman–Crippen MR) is 72.4 cm³/mol. The molecular formula is C14H11FN2O3. The molecule has 0 aromatic heterocycles. The number of aromatic carboxylic acids is 1. The van der Waals surface area contributed by atoms with Gasteiger partial charge in [0.15, 0.2) is 0 Å². The van der Waals surface area contributed by atoms with Crippen LogP contribution in [0.25, 0.3) is 0 Å². The quantitative estimate of drug-likeness (QED) is 0.804. The highest BCUT2D eigenvalue weighted by atomic mass is 19.1. The smallest absolute Gasteiger partial charge is 0.338 e. The fourth-order valence-electron chi connectivity index (χ4n) is 1.58. The summed E-state index contributed by atoms with van der Waals surface area (Å²) < 4.78 is 13.2. The van der Waals surface area contributed by atoms with Crippen LogP contribution >= 0.6 is 0 Å². The van der Waals surface area contributed by atoms with E-state index in [9.17, 15) is 14.0 Å². The molecule has 0 saturated heterocycles. The second kappa shape index (κ2) is 5.83. The number of carbonyl (C=O) groups is 2. The Morgan fingerprint density at radius 2 is 1.60 bits per heavy atom. The third-order valence-corrected chi connectivity index (χ3v) is 2.49. The van der Waals surface area contributed by atoms with Crippen LogP contribution in [-0.4, -0.2) is 17.1 Å². The highest BCUT2D eigenvalue weighted by molar-refractivity contribution is 6.00. The molecule has 2 amide bonds. The second-order valence-corrected chi connectivity index (χ2v) is 3.94. The molecule has 0 atom stereocenters. The summed E-state index contributed by atoms with van der Waals surface area (Å²) in [5.41, 5.74) is 0.283. The third-order valence-electron chi connectivity index (χ3n) is 2.49. The van der Waals surface area contributed by atoms with Gasteiger partial charge in [-0.15, -0.1) is 0 Å². The number of halogens is 1. The molecule has 0 aliphatic carbocycles. The van der Waals surface area contributed by atoms with Crippen LogP contribution in [0.5, 0.6) is 0 Å². The Kier molecular flexibility index (Phi) is 3.95. The molecule has 0 fully saturated rings. The van der Waals surface area contributed by atoms with E-state index in [2.05, 4.69) is 10.6 Å². The number of rotatable bonds is 3. The number of urea groups is 1. The number of anilines is 2. The zero-order valence-electron chi connectivity index (χ0n) is 10.3. The lowest BCUT2D eigenvalue weighted by Crippen LogP contribution is -2.19. The molecule has 5 nitrogen and oxygen atoms in total. The van der Waals surface area contributed by atoms with Crippen molar-refractivity contribution in [3.05, 3.63) is 59.9 Å². The largest absolute Gasteiger partial charge is 0.478 e. The van der Waals surface area contributed by atoms with E-state index in [0.29, 0.717) is 5.69 Å². The zero-order valence-corrected chi connectivity index (χ0v) is 10.3. The molecule has 0 bridgehead atoms. The van der Waals surface area contributed by atoms with E-state index in [1.165, 1.54) is 6.07 Å². The Balaban J connectivity index is 2.08. The second-order valence-electron chi connectivity index (χ2n) is 3.94. The average Bonchev–Trinajstić information content (AvgIpc) is 2.41. The third kappa shape index (κ3) is 3.32. The number of amides is 2. The summed E-state index contributed by atoms with van der Waals surface area (Å²) in [6, 6.07) is 11.5. The van der Waals surface area contributed by atoms with E-state index in [0.717, 1.165) is 12.1 Å². The lowest BCUT2D eigenvalue weighted by Gasteiger charge is -2.08. The van der Waals surface area contributed by atoms with Crippen LogP contribution in [0, 0.1) is 5.82 Å². The Bertz CT molecular complexity index is 644. The van der Waals surface area contributed by atoms with Crippen molar-refractivity contribution in [1.82, 2.24) is 0 Å². The lowest BCUT2D eigenvalue weighted by atomic mass is 10.2. The first-order valence-electron chi connectivity index (χ1n) is 5.72. The van der Waals surface area contributed by atoms with Crippen LogP contribution in [0.4, 0.5) is 20.6 Å². The molecule has 0 unspecified atom stereocenters. The highest BCUT2D eigenvalue weighted by Crippen LogP contribution is 2.15. The maximum Gasteiger partial charge on any atom is 0.338 e. The molecule has 0 aliphatic rings. The number of benzene rings is 2. The van der Waals surface area contributed by atoms with E-state index in [4.69, 9.17) is 5.11 Å². The van der Waals surface area contributed by atoms with Gasteiger partial charge in [0.25, 0.3) is 0 Å². The lowest BCUT2D eigenvalue weighted by molar-refractivity contribution is 0.0692. The monoisotopic (exact) mass is 274 g/mol. The van der Waals surface area contributed by atoms with Crippen molar-refractivity contribution < 1.29 is 19.1 Å². The molecule has 2 rings (SSSR count). The van der Waals surface area contributed by atoms with Gasteiger partial charge < -0.3 is 15.7 Å². The van der Waals surface area contributed by atoms with Crippen LogP contribution in [0.2, 0.25) is 0 Å². The summed E-state index contributed by atoms with van der Waals surface area (Å²) >= 11 is 0. The van der Waals surface area contributed by atoms with Crippen LogP contribution < -0.4 is 10.6 Å². The first-order valence-corrected chi connectivity index (χ1v) is 5.72. The number of nitrogens with one attached hydrogen (secondary N) is 2. The van der Waals surface area contributed by atoms with Crippen molar-refractivity contribution >= 4 is 23.4 Å². The van der Waals surface area contributed by atoms with Gasteiger partial charge in [-0.05, 0) is 30.3 Å². The first kappa shape index (κ1) is 13.5. The van der Waals surface area contributed by atoms with Crippen molar-refractivity contribution in [2.75, 3.05) is 10.6 Å². The summed E-state index contributed by atoms with van der Waals surface area (Å²) in [5.74, 6) is -2.25. The van der Waals surface area contributed by atoms with Gasteiger partial charge in [-0.1, -0.05) is 18.2 Å². The number of carboxylic acids is 1. The molecule has 0 radical (unpaired) electrons. The summed E-state index contributed by atoms with van der Waals surface area (Å²) in [7, 11) is 0. The summed E-state index contributed by atoms with van der Waals surface area (Å²) in [4.78, 5) is 22.5. The van der Waals surface area contributed by atoms with E-state index in [1.807, 2.05) is 6.07 Å². The van der Waals surface area contributed by atoms with Gasteiger partial charge in [-0.3, -0.25) is 0 Å². The summed E-state index contributed by atoms with van der Waals surface area (Å²) in [6.07, 6.45) is 0. The molecule has 2 aromatic carbocycles. The van der Waals surface area contributed by atoms with Crippen LogP contribution in [0.3, 0.4) is 0 Å². The van der Waals surface area contributed by atoms with Gasteiger partial charge in [0.05, 0.1) is 5.56 Å². The number of hydrogen-bond donors (Lipinski definition) is 3. The molecular weight excluding hydrogens is 263 g/mol. The Morgan fingerprint density at radius 3 is 2.25 bits per heavy atom. The molecule has 0 saturated carbocycles. The van der Waals surface area contributed by atoms with Crippen molar-refractivity contribution in [1.29, 1.82) is 0 Å². The minimum Gasteiger partial charge on any atom is -0.478 e. The maximum atomic E-state index is 13.2. The fraction of sp³-hybridized carbons (Fsp3) is 0. The van der Waals surface area contributed by atoms with Crippen molar-refractivity contribution in [3.63, 3.8) is 0 Å². The maximum absolute atomic E-state index is 13.2. The predicted octanol–water partition coefficient (Wildman–Crippen LogP) is 3.17. The Hall–Kier alpha value is -2.89. The van der Waals surface area contributed by atoms with Crippen molar-refractivity contribution in [2.24, 2.45) is 0 Å². The molecule has 0 heterocycles. The molecule has 20 heavy (non-hydrogen) atoms. The summed E-state index contributed by atoms with van der Waals surface area (Å²) in [6.45, 7) is 0. The first-order chi connectivity index (χ1) is 9.56. The number of carbonyl (C=O) groups excluding carboxylic acids is 1. The topological polar surface area (TPSA) is 78.4 Å². The molecule has 6 heteroatoms. The van der Waals surface area contributed by atoms with Gasteiger partial charge in [0.2, 0.25) is 0 Å². The minimum atomic E-state index is -1.39. The van der Waals surface area contributed by atoms with Gasteiger partial charge in [-0.2, -0.15) is 0 Å². The molecule has 2 aromatic rings. The van der Waals surface area contributed by atoms with Gasteiger partial charge >= 0.3 is 12.0 Å². The Labute approximate surface area is 114 Å². The van der Waals surface area contributed by atoms with Crippen LogP contribution in [0.1, 0.15) is 10.4 Å². The van der Waals surface area contributed by atoms with Gasteiger partial charge in [0.1, 0.15) is 5.82 Å².